The summed E-state index contributed by atoms with van der Waals surface area (Å²) >= 11 is 0. The second-order valence-electron chi connectivity index (χ2n) is 7.85. The van der Waals surface area contributed by atoms with Crippen molar-refractivity contribution < 1.29 is 4.79 Å². The molecule has 1 aromatic heterocycles. The van der Waals surface area contributed by atoms with Crippen LogP contribution in [0.4, 0.5) is 5.95 Å². The maximum absolute atomic E-state index is 12.8. The number of aromatic nitrogens is 2. The van der Waals surface area contributed by atoms with Gasteiger partial charge in [-0.15, -0.1) is 0 Å². The molecule has 0 saturated heterocycles. The van der Waals surface area contributed by atoms with Crippen molar-refractivity contribution in [2.24, 2.45) is 4.99 Å². The SMILES string of the molecule is O=C(CNC1=NCC=C(N2CCCn3c2nc(-c2ccccc2)cc3=O)N1)c1ccccc1. The minimum Gasteiger partial charge on any atom is -0.349 e. The molecule has 0 aliphatic carbocycles. The lowest BCUT2D eigenvalue weighted by atomic mass is 10.1. The summed E-state index contributed by atoms with van der Waals surface area (Å²) in [4.78, 5) is 36.5. The lowest BCUT2D eigenvalue weighted by Gasteiger charge is -2.34. The van der Waals surface area contributed by atoms with Gasteiger partial charge in [-0.05, 0) is 12.5 Å². The Morgan fingerprint density at radius 1 is 1.03 bits per heavy atom. The van der Waals surface area contributed by atoms with E-state index in [1.807, 2.05) is 59.5 Å². The monoisotopic (exact) mass is 440 g/mol. The van der Waals surface area contributed by atoms with Gasteiger partial charge in [0.1, 0.15) is 5.82 Å². The minimum absolute atomic E-state index is 0.0137. The molecule has 0 fully saturated rings. The van der Waals surface area contributed by atoms with Crippen LogP contribution < -0.4 is 21.1 Å². The molecule has 2 aromatic carbocycles. The van der Waals surface area contributed by atoms with Crippen LogP contribution in [-0.2, 0) is 6.54 Å². The normalized spacial score (nSPS) is 15.1. The van der Waals surface area contributed by atoms with Crippen LogP contribution >= 0.6 is 0 Å². The Labute approximate surface area is 191 Å². The number of fused-ring (bicyclic) bond motifs is 1. The molecular weight excluding hydrogens is 416 g/mol. The van der Waals surface area contributed by atoms with E-state index in [4.69, 9.17) is 4.98 Å². The minimum atomic E-state index is -0.0690. The Bertz CT molecular complexity index is 1280. The number of benzene rings is 2. The van der Waals surface area contributed by atoms with Gasteiger partial charge in [-0.2, -0.15) is 0 Å². The van der Waals surface area contributed by atoms with E-state index >= 15 is 0 Å². The zero-order valence-electron chi connectivity index (χ0n) is 18.1. The molecular formula is C25H24N6O2. The van der Waals surface area contributed by atoms with E-state index in [1.165, 1.54) is 0 Å². The number of nitrogens with one attached hydrogen (secondary N) is 2. The van der Waals surface area contributed by atoms with Gasteiger partial charge in [0.25, 0.3) is 5.56 Å². The standard InChI is InChI=1S/C25H24N6O2/c32-21(19-10-5-2-6-11-19)17-27-24-26-13-12-22(29-24)30-14-7-15-31-23(33)16-20(28-25(30)31)18-8-3-1-4-9-18/h1-6,8-12,16H,7,13-15,17H2,(H2,26,27,29). The summed E-state index contributed by atoms with van der Waals surface area (Å²) in [6.45, 7) is 1.95. The Balaban J connectivity index is 1.34. The Kier molecular flexibility index (Phi) is 5.72. The van der Waals surface area contributed by atoms with E-state index in [0.29, 0.717) is 36.3 Å². The molecule has 0 amide bonds. The molecule has 3 heterocycles. The number of ketones is 1. The van der Waals surface area contributed by atoms with E-state index < -0.39 is 0 Å². The van der Waals surface area contributed by atoms with Crippen molar-refractivity contribution in [3.63, 3.8) is 0 Å². The topological polar surface area (TPSA) is 91.6 Å². The molecule has 5 rings (SSSR count). The molecule has 0 bridgehead atoms. The lowest BCUT2D eigenvalue weighted by molar-refractivity contribution is 0.0996. The van der Waals surface area contributed by atoms with E-state index in [9.17, 15) is 9.59 Å². The number of aliphatic imine (C=N–C) groups is 1. The summed E-state index contributed by atoms with van der Waals surface area (Å²) < 4.78 is 1.70. The van der Waals surface area contributed by atoms with Gasteiger partial charge in [-0.3, -0.25) is 19.1 Å². The second-order valence-corrected chi connectivity index (χ2v) is 7.85. The number of guanidine groups is 1. The number of carbonyl (C=O) groups is 1. The summed E-state index contributed by atoms with van der Waals surface area (Å²) in [5.41, 5.74) is 2.13. The third-order valence-corrected chi connectivity index (χ3v) is 5.65. The molecule has 8 nitrogen and oxygen atoms in total. The quantitative estimate of drug-likeness (QED) is 0.592. The van der Waals surface area contributed by atoms with Crippen LogP contribution in [0.3, 0.4) is 0 Å². The van der Waals surface area contributed by atoms with Crippen molar-refractivity contribution in [1.82, 2.24) is 20.2 Å². The van der Waals surface area contributed by atoms with Crippen LogP contribution in [0.2, 0.25) is 0 Å². The van der Waals surface area contributed by atoms with Crippen molar-refractivity contribution in [2.45, 2.75) is 13.0 Å². The van der Waals surface area contributed by atoms with Gasteiger partial charge in [0.15, 0.2) is 11.7 Å². The van der Waals surface area contributed by atoms with Gasteiger partial charge in [0, 0.05) is 30.3 Å². The molecule has 2 aliphatic rings. The average Bonchev–Trinajstić information content (AvgIpc) is 2.88. The molecule has 0 unspecified atom stereocenters. The smallest absolute Gasteiger partial charge is 0.255 e. The largest absolute Gasteiger partial charge is 0.349 e. The van der Waals surface area contributed by atoms with Crippen LogP contribution in [0, 0.1) is 0 Å². The van der Waals surface area contributed by atoms with E-state index in [-0.39, 0.29) is 17.9 Å². The maximum atomic E-state index is 12.8. The Morgan fingerprint density at radius 2 is 1.79 bits per heavy atom. The molecule has 166 valence electrons. The fraction of sp³-hybridized carbons (Fsp3) is 0.200. The summed E-state index contributed by atoms with van der Waals surface area (Å²) in [7, 11) is 0. The molecule has 8 heteroatoms. The first-order chi connectivity index (χ1) is 16.2. The molecule has 33 heavy (non-hydrogen) atoms. The molecule has 3 aromatic rings. The predicted octanol–water partition coefficient (Wildman–Crippen LogP) is 2.39. The van der Waals surface area contributed by atoms with E-state index in [1.54, 1.807) is 22.8 Å². The highest BCUT2D eigenvalue weighted by Crippen LogP contribution is 2.24. The van der Waals surface area contributed by atoms with Crippen molar-refractivity contribution in [2.75, 3.05) is 24.5 Å². The van der Waals surface area contributed by atoms with Crippen LogP contribution in [0.25, 0.3) is 11.3 Å². The number of rotatable bonds is 5. The average molecular weight is 441 g/mol. The van der Waals surface area contributed by atoms with Gasteiger partial charge in [0.05, 0.1) is 18.8 Å². The van der Waals surface area contributed by atoms with Crippen LogP contribution in [0.1, 0.15) is 16.8 Å². The lowest BCUT2D eigenvalue weighted by Crippen LogP contribution is -2.48. The third-order valence-electron chi connectivity index (χ3n) is 5.65. The highest BCUT2D eigenvalue weighted by molar-refractivity contribution is 5.99. The van der Waals surface area contributed by atoms with E-state index in [2.05, 4.69) is 15.6 Å². The number of hydrogen-bond donors (Lipinski definition) is 2. The summed E-state index contributed by atoms with van der Waals surface area (Å²) in [5.74, 6) is 1.91. The first kappa shape index (κ1) is 20.7. The number of carbonyl (C=O) groups excluding carboxylic acids is 1. The number of hydrogen-bond acceptors (Lipinski definition) is 7. The zero-order valence-corrected chi connectivity index (χ0v) is 18.1. The van der Waals surface area contributed by atoms with E-state index in [0.717, 1.165) is 24.4 Å². The van der Waals surface area contributed by atoms with Gasteiger partial charge >= 0.3 is 0 Å². The fourth-order valence-electron chi connectivity index (χ4n) is 3.99. The molecule has 0 radical (unpaired) electrons. The fourth-order valence-corrected chi connectivity index (χ4v) is 3.99. The predicted molar refractivity (Wildman–Crippen MR) is 128 cm³/mol. The highest BCUT2D eigenvalue weighted by Gasteiger charge is 2.25. The van der Waals surface area contributed by atoms with Crippen LogP contribution in [-0.4, -0.2) is 40.9 Å². The molecule has 2 aliphatic heterocycles. The Hall–Kier alpha value is -4.20. The molecule has 0 saturated carbocycles. The summed E-state index contributed by atoms with van der Waals surface area (Å²) in [6.07, 6.45) is 2.78. The van der Waals surface area contributed by atoms with Gasteiger partial charge < -0.3 is 10.6 Å². The van der Waals surface area contributed by atoms with Gasteiger partial charge in [-0.1, -0.05) is 60.7 Å². The van der Waals surface area contributed by atoms with Crippen LogP contribution in [0.5, 0.6) is 0 Å². The first-order valence-corrected chi connectivity index (χ1v) is 11.0. The van der Waals surface area contributed by atoms with Crippen molar-refractivity contribution in [3.8, 4) is 11.3 Å². The highest BCUT2D eigenvalue weighted by atomic mass is 16.1. The van der Waals surface area contributed by atoms with Crippen molar-refractivity contribution in [1.29, 1.82) is 0 Å². The number of nitrogens with zero attached hydrogens (tertiary/aromatic N) is 4. The summed E-state index contributed by atoms with van der Waals surface area (Å²) in [6, 6.07) is 20.5. The Morgan fingerprint density at radius 3 is 2.58 bits per heavy atom. The zero-order chi connectivity index (χ0) is 22.6. The molecule has 0 atom stereocenters. The van der Waals surface area contributed by atoms with Gasteiger partial charge in [-0.25, -0.2) is 9.98 Å². The number of Topliss-reactive ketones (excluding diaryl/α,β-unsaturated/α-hetero) is 1. The molecule has 0 spiro atoms. The number of anilines is 1. The summed E-state index contributed by atoms with van der Waals surface area (Å²) in [5, 5.41) is 6.36. The van der Waals surface area contributed by atoms with Crippen molar-refractivity contribution >= 4 is 17.7 Å². The van der Waals surface area contributed by atoms with Crippen molar-refractivity contribution in [3.05, 3.63) is 94.5 Å². The second kappa shape index (κ2) is 9.12. The van der Waals surface area contributed by atoms with Gasteiger partial charge in [0.2, 0.25) is 5.95 Å². The third kappa shape index (κ3) is 4.41. The molecule has 2 N–H and O–H groups in total. The first-order valence-electron chi connectivity index (χ1n) is 11.0. The van der Waals surface area contributed by atoms with Crippen LogP contribution in [0.15, 0.2) is 88.4 Å². The maximum Gasteiger partial charge on any atom is 0.255 e.